The van der Waals surface area contributed by atoms with Crippen molar-refractivity contribution in [3.05, 3.63) is 51.5 Å². The molecule has 0 aromatic heterocycles. The molecular formula is C38H54ClNO8Si. The predicted octanol–water partition coefficient (Wildman–Crippen LogP) is 8.72. The summed E-state index contributed by atoms with van der Waals surface area (Å²) >= 11 is 6.62. The van der Waals surface area contributed by atoms with Crippen LogP contribution in [0.4, 0.5) is 0 Å². The van der Waals surface area contributed by atoms with Crippen LogP contribution in [0, 0.1) is 12.8 Å². The van der Waals surface area contributed by atoms with Crippen LogP contribution in [0.15, 0.2) is 24.3 Å². The SMILES string of the molecule is COC(=O)c1c(C)cc(CO[Si](C(C)C)(C(C)C)C(C)C)c(-c2cc3c(OC)cc(Cl)c(OC)c3cc2C(=O)N[C@H](CO)C(C)C)c1OC. The molecule has 11 heteroatoms. The Labute approximate surface area is 297 Å². The van der Waals surface area contributed by atoms with Crippen molar-refractivity contribution >= 4 is 42.6 Å². The van der Waals surface area contributed by atoms with E-state index in [1.54, 1.807) is 19.2 Å². The van der Waals surface area contributed by atoms with Crippen molar-refractivity contribution in [3.63, 3.8) is 0 Å². The molecule has 49 heavy (non-hydrogen) atoms. The summed E-state index contributed by atoms with van der Waals surface area (Å²) in [5.41, 5.74) is 3.85. The normalized spacial score (nSPS) is 12.6. The molecule has 0 spiro atoms. The summed E-state index contributed by atoms with van der Waals surface area (Å²) in [6.07, 6.45) is 0. The Morgan fingerprint density at radius 1 is 0.837 bits per heavy atom. The number of aryl methyl sites for hydroxylation is 1. The van der Waals surface area contributed by atoms with Crippen LogP contribution in [0.2, 0.25) is 21.6 Å². The Hall–Kier alpha value is -3.31. The first-order valence-electron chi connectivity index (χ1n) is 16.8. The first-order valence-corrected chi connectivity index (χ1v) is 19.3. The molecule has 3 aromatic carbocycles. The number of carbonyl (C=O) groups is 2. The summed E-state index contributed by atoms with van der Waals surface area (Å²) in [4.78, 5) is 27.7. The van der Waals surface area contributed by atoms with Gasteiger partial charge in [0.15, 0.2) is 0 Å². The van der Waals surface area contributed by atoms with Crippen molar-refractivity contribution in [1.29, 1.82) is 0 Å². The first-order chi connectivity index (χ1) is 23.0. The molecule has 0 aliphatic carbocycles. The number of carbonyl (C=O) groups excluding carboxylic acids is 2. The van der Waals surface area contributed by atoms with E-state index in [2.05, 4.69) is 46.9 Å². The summed E-state index contributed by atoms with van der Waals surface area (Å²) < 4.78 is 29.9. The molecule has 0 aliphatic heterocycles. The van der Waals surface area contributed by atoms with Gasteiger partial charge in [0, 0.05) is 28.0 Å². The summed E-state index contributed by atoms with van der Waals surface area (Å²) in [5.74, 6) is 0.0368. The van der Waals surface area contributed by atoms with Gasteiger partial charge in [-0.2, -0.15) is 0 Å². The highest BCUT2D eigenvalue weighted by atomic mass is 35.5. The van der Waals surface area contributed by atoms with Crippen molar-refractivity contribution in [2.75, 3.05) is 35.0 Å². The zero-order chi connectivity index (χ0) is 37.0. The maximum absolute atomic E-state index is 14.3. The number of nitrogens with one attached hydrogen (secondary N) is 1. The predicted molar refractivity (Wildman–Crippen MR) is 199 cm³/mol. The molecule has 1 amide bonds. The summed E-state index contributed by atoms with van der Waals surface area (Å²) in [7, 11) is 3.51. The fourth-order valence-electron chi connectivity index (χ4n) is 7.35. The molecule has 3 aromatic rings. The second kappa shape index (κ2) is 16.6. The molecule has 0 radical (unpaired) electrons. The van der Waals surface area contributed by atoms with E-state index in [-0.39, 0.29) is 36.0 Å². The van der Waals surface area contributed by atoms with Crippen molar-refractivity contribution in [2.45, 2.75) is 91.6 Å². The molecule has 2 N–H and O–H groups in total. The molecule has 0 saturated carbocycles. The number of esters is 1. The number of benzene rings is 3. The van der Waals surface area contributed by atoms with Gasteiger partial charge >= 0.3 is 5.97 Å². The van der Waals surface area contributed by atoms with Crippen molar-refractivity contribution in [2.24, 2.45) is 5.92 Å². The fraction of sp³-hybridized carbons (Fsp3) is 0.526. The van der Waals surface area contributed by atoms with Gasteiger partial charge < -0.3 is 33.8 Å². The van der Waals surface area contributed by atoms with Crippen LogP contribution in [0.25, 0.3) is 21.9 Å². The van der Waals surface area contributed by atoms with Crippen LogP contribution >= 0.6 is 11.6 Å². The molecule has 0 unspecified atom stereocenters. The van der Waals surface area contributed by atoms with Crippen LogP contribution in [-0.2, 0) is 15.8 Å². The Bertz CT molecular complexity index is 1650. The van der Waals surface area contributed by atoms with E-state index in [9.17, 15) is 14.7 Å². The fourth-order valence-corrected chi connectivity index (χ4v) is 13.0. The molecule has 9 nitrogen and oxygen atoms in total. The summed E-state index contributed by atoms with van der Waals surface area (Å²) in [5, 5.41) is 14.6. The van der Waals surface area contributed by atoms with E-state index in [1.165, 1.54) is 21.3 Å². The lowest BCUT2D eigenvalue weighted by Crippen LogP contribution is -2.47. The summed E-state index contributed by atoms with van der Waals surface area (Å²) in [6.45, 7) is 19.0. The van der Waals surface area contributed by atoms with Gasteiger partial charge in [0.05, 0.1) is 52.7 Å². The molecule has 1 atom stereocenters. The maximum atomic E-state index is 14.3. The Morgan fingerprint density at radius 3 is 1.90 bits per heavy atom. The van der Waals surface area contributed by atoms with Crippen molar-refractivity contribution < 1.29 is 38.1 Å². The minimum Gasteiger partial charge on any atom is -0.496 e. The topological polar surface area (TPSA) is 113 Å². The van der Waals surface area contributed by atoms with Gasteiger partial charge in [0.25, 0.3) is 5.91 Å². The molecule has 3 rings (SSSR count). The summed E-state index contributed by atoms with van der Waals surface area (Å²) in [6, 6.07) is 6.60. The zero-order valence-electron chi connectivity index (χ0n) is 31.3. The van der Waals surface area contributed by atoms with Crippen LogP contribution in [0.5, 0.6) is 17.2 Å². The van der Waals surface area contributed by atoms with Crippen LogP contribution in [-0.4, -0.2) is 66.4 Å². The molecule has 270 valence electrons. The number of rotatable bonds is 15. The number of aliphatic hydroxyl groups is 1. The highest BCUT2D eigenvalue weighted by molar-refractivity contribution is 6.77. The van der Waals surface area contributed by atoms with Gasteiger partial charge in [-0.25, -0.2) is 4.79 Å². The smallest absolute Gasteiger partial charge is 0.341 e. The number of hydrogen-bond donors (Lipinski definition) is 2. The van der Waals surface area contributed by atoms with Gasteiger partial charge in [-0.3, -0.25) is 4.79 Å². The Balaban J connectivity index is 2.58. The second-order valence-electron chi connectivity index (χ2n) is 13.8. The highest BCUT2D eigenvalue weighted by Crippen LogP contribution is 2.48. The van der Waals surface area contributed by atoms with E-state index >= 15 is 0 Å². The highest BCUT2D eigenvalue weighted by Gasteiger charge is 2.45. The minimum atomic E-state index is -2.36. The average molecular weight is 716 g/mol. The third kappa shape index (κ3) is 7.72. The lowest BCUT2D eigenvalue weighted by molar-refractivity contribution is 0.0596. The van der Waals surface area contributed by atoms with Crippen LogP contribution in [0.1, 0.15) is 87.2 Å². The molecule has 0 heterocycles. The molecule has 0 saturated heterocycles. The quantitative estimate of drug-likeness (QED) is 0.119. The van der Waals surface area contributed by atoms with Gasteiger partial charge in [-0.1, -0.05) is 73.1 Å². The number of halogens is 1. The lowest BCUT2D eigenvalue weighted by Gasteiger charge is -2.42. The van der Waals surface area contributed by atoms with Gasteiger partial charge in [-0.05, 0) is 58.3 Å². The zero-order valence-corrected chi connectivity index (χ0v) is 33.0. The minimum absolute atomic E-state index is 0.0492. The van der Waals surface area contributed by atoms with E-state index in [1.807, 2.05) is 32.9 Å². The third-order valence-corrected chi connectivity index (χ3v) is 16.1. The molecule has 0 fully saturated rings. The van der Waals surface area contributed by atoms with E-state index in [0.29, 0.717) is 60.6 Å². The van der Waals surface area contributed by atoms with Crippen LogP contribution < -0.4 is 19.5 Å². The number of fused-ring (bicyclic) bond motifs is 1. The molecular weight excluding hydrogens is 662 g/mol. The Morgan fingerprint density at radius 2 is 1.43 bits per heavy atom. The largest absolute Gasteiger partial charge is 0.496 e. The average Bonchev–Trinajstić information content (AvgIpc) is 3.05. The van der Waals surface area contributed by atoms with E-state index < -0.39 is 26.2 Å². The Kier molecular flexibility index (Phi) is 13.6. The number of hydrogen-bond acceptors (Lipinski definition) is 8. The number of aliphatic hydroxyl groups excluding tert-OH is 1. The first kappa shape index (κ1) is 40.1. The standard InChI is InChI=1S/C38H54ClNO8Si/c1-20(2)31(18-41)40-37(42)29-16-28-26(32(44-10)17-30(39)35(28)45-11)15-27(29)34-25(14-24(9)33(36(34)46-12)38(43)47-13)19-48-49(21(3)4,22(5)6)23(7)8/h14-17,20-23,31,41H,18-19H2,1-13H3,(H,40,42)/t31-/m1/s1. The monoisotopic (exact) mass is 715 g/mol. The number of ether oxygens (including phenoxy) is 4. The number of methoxy groups -OCH3 is 4. The van der Waals surface area contributed by atoms with E-state index in [0.717, 1.165) is 5.56 Å². The second-order valence-corrected chi connectivity index (χ2v) is 19.6. The number of amides is 1. The van der Waals surface area contributed by atoms with E-state index in [4.69, 9.17) is 35.0 Å². The van der Waals surface area contributed by atoms with Gasteiger partial charge in [0.2, 0.25) is 8.32 Å². The molecule has 0 aliphatic rings. The molecule has 0 bridgehead atoms. The third-order valence-electron chi connectivity index (χ3n) is 9.74. The lowest BCUT2D eigenvalue weighted by atomic mass is 9.87. The van der Waals surface area contributed by atoms with Crippen molar-refractivity contribution in [3.8, 4) is 28.4 Å². The maximum Gasteiger partial charge on any atom is 0.341 e. The van der Waals surface area contributed by atoms with Gasteiger partial charge in [0.1, 0.15) is 22.8 Å². The van der Waals surface area contributed by atoms with Crippen LogP contribution in [0.3, 0.4) is 0 Å². The van der Waals surface area contributed by atoms with Gasteiger partial charge in [-0.15, -0.1) is 0 Å². The van der Waals surface area contributed by atoms with Crippen molar-refractivity contribution in [1.82, 2.24) is 5.32 Å².